The molecular formula is C50H33Cl4F9N16O4. The molecule has 0 saturated carbocycles. The standard InChI is InChI=1S/C22H14ClF5N6O2.C14H11F2N5O.C10H6ClF2N3O.C4H2Cl2N2/c1-34-10-11(9-30-34)20-29-5-4-19(33-20)36-18-8-17(15(24)7-16(18)25)32-21(35)31-12-2-3-14(23)13(6-12)22(26,27)28;1-21-7-8(6-19-21)14-18-3-2-13(20-14)22-12-5-11(17)9(15)4-10(12)16;11-10-15-2-1-9(16-10)17-8-4-7(14)5(12)3-6(8)13;5-3-1-2-7-4(6)8-3/h2-10H,1H3,(H2,31,32,35);2-7H,17H2,1H3;1-4H,14H2;1-2H. The van der Waals surface area contributed by atoms with Gasteiger partial charge in [-0.05, 0) is 47.5 Å². The number of benzene rings is 4. The molecule has 6 N–H and O–H groups in total. The molecule has 0 fully saturated rings. The zero-order valence-corrected chi connectivity index (χ0v) is 44.7. The van der Waals surface area contributed by atoms with Crippen molar-refractivity contribution < 1.29 is 58.5 Å². The topological polar surface area (TPSA) is 260 Å². The molecule has 0 unspecified atom stereocenters. The van der Waals surface area contributed by atoms with Crippen LogP contribution in [0, 0.1) is 34.9 Å². The van der Waals surface area contributed by atoms with Crippen LogP contribution >= 0.6 is 46.4 Å². The summed E-state index contributed by atoms with van der Waals surface area (Å²) in [7, 11) is 3.46. The number of hydrogen-bond acceptors (Lipinski definition) is 16. The summed E-state index contributed by atoms with van der Waals surface area (Å²) in [6, 6.07) is 12.1. The van der Waals surface area contributed by atoms with Crippen LogP contribution in [0.4, 0.5) is 67.1 Å². The molecular weight excluding hydrogens is 1200 g/mol. The van der Waals surface area contributed by atoms with Gasteiger partial charge in [0.1, 0.15) is 22.6 Å². The normalized spacial score (nSPS) is 10.7. The Bertz CT molecular complexity index is 3930. The molecule has 6 heterocycles. The number of alkyl halides is 3. The molecule has 0 aliphatic rings. The van der Waals surface area contributed by atoms with Gasteiger partial charge in [-0.25, -0.2) is 56.1 Å². The predicted octanol–water partition coefficient (Wildman–Crippen LogP) is 13.4. The molecule has 10 aromatic rings. The van der Waals surface area contributed by atoms with Gasteiger partial charge in [-0.3, -0.25) is 9.36 Å². The van der Waals surface area contributed by atoms with E-state index in [1.165, 1.54) is 53.9 Å². The molecule has 6 aromatic heterocycles. The molecule has 33 heteroatoms. The Kier molecular flexibility index (Phi) is 20.0. The number of hydrogen-bond donors (Lipinski definition) is 4. The lowest BCUT2D eigenvalue weighted by molar-refractivity contribution is -0.137. The first-order chi connectivity index (χ1) is 39.4. The summed E-state index contributed by atoms with van der Waals surface area (Å²) in [5.41, 5.74) is 9.59. The first kappa shape index (κ1) is 61.0. The summed E-state index contributed by atoms with van der Waals surface area (Å²) in [6.45, 7) is 0. The number of anilines is 4. The number of aromatic nitrogens is 12. The minimum Gasteiger partial charge on any atom is -0.436 e. The van der Waals surface area contributed by atoms with E-state index in [4.69, 9.17) is 72.1 Å². The number of carbonyl (C=O) groups is 1. The molecule has 20 nitrogen and oxygen atoms in total. The summed E-state index contributed by atoms with van der Waals surface area (Å²) in [5, 5.41) is 12.2. The number of nitrogens with zero attached hydrogens (tertiary/aromatic N) is 12. The van der Waals surface area contributed by atoms with Crippen molar-refractivity contribution in [1.82, 2.24) is 59.4 Å². The van der Waals surface area contributed by atoms with E-state index in [-0.39, 0.29) is 62.6 Å². The van der Waals surface area contributed by atoms with Gasteiger partial charge < -0.3 is 36.3 Å². The van der Waals surface area contributed by atoms with E-state index in [1.54, 1.807) is 43.4 Å². The average molecular weight is 1230 g/mol. The Morgan fingerprint density at radius 2 is 0.976 bits per heavy atom. The van der Waals surface area contributed by atoms with E-state index in [0.29, 0.717) is 46.4 Å². The van der Waals surface area contributed by atoms with E-state index in [0.717, 1.165) is 30.3 Å². The van der Waals surface area contributed by atoms with Gasteiger partial charge in [0.05, 0.1) is 51.2 Å². The highest BCUT2D eigenvalue weighted by atomic mass is 35.5. The molecule has 0 saturated heterocycles. The molecule has 2 amide bonds. The fourth-order valence-corrected chi connectivity index (χ4v) is 6.92. The van der Waals surface area contributed by atoms with Gasteiger partial charge in [-0.1, -0.05) is 23.2 Å². The van der Waals surface area contributed by atoms with E-state index in [9.17, 15) is 44.3 Å². The van der Waals surface area contributed by atoms with Crippen LogP contribution in [-0.2, 0) is 20.3 Å². The minimum absolute atomic E-state index is 0.0370. The third-order valence-electron chi connectivity index (χ3n) is 9.92. The highest BCUT2D eigenvalue weighted by Gasteiger charge is 2.33. The highest BCUT2D eigenvalue weighted by molar-refractivity contribution is 6.32. The number of carbonyl (C=O) groups excluding carboxylic acids is 1. The first-order valence-corrected chi connectivity index (χ1v) is 24.1. The SMILES string of the molecule is Clc1ccnc(Cl)n1.Cn1cc(-c2nccc(Oc3cc(N)c(F)cc3F)n2)cn1.Cn1cc(-c2nccc(Oc3cc(NC(=O)Nc4ccc(Cl)c(C(F)(F)F)c4)c(F)cc3F)n2)cn1.Nc1cc(Oc2ccnc(Cl)n2)c(F)cc1F. The first-order valence-electron chi connectivity index (χ1n) is 22.6. The van der Waals surface area contributed by atoms with E-state index >= 15 is 0 Å². The van der Waals surface area contributed by atoms with Crippen LogP contribution in [0.5, 0.6) is 34.9 Å². The third kappa shape index (κ3) is 17.5. The van der Waals surface area contributed by atoms with E-state index < -0.39 is 69.1 Å². The smallest absolute Gasteiger partial charge is 0.417 e. The molecule has 0 spiro atoms. The number of amides is 2. The fourth-order valence-electron chi connectivity index (χ4n) is 6.23. The fraction of sp³-hybridized carbons (Fsp3) is 0.0600. The van der Waals surface area contributed by atoms with Crippen molar-refractivity contribution in [2.45, 2.75) is 6.18 Å². The second-order valence-corrected chi connectivity index (χ2v) is 17.5. The van der Waals surface area contributed by atoms with Crippen molar-refractivity contribution in [2.24, 2.45) is 14.1 Å². The maximum absolute atomic E-state index is 14.4. The number of ether oxygens (including phenoxy) is 3. The van der Waals surface area contributed by atoms with Crippen molar-refractivity contribution in [2.75, 3.05) is 22.1 Å². The van der Waals surface area contributed by atoms with Crippen LogP contribution in [0.25, 0.3) is 22.8 Å². The maximum atomic E-state index is 14.4. The van der Waals surface area contributed by atoms with Crippen molar-refractivity contribution in [1.29, 1.82) is 0 Å². The molecule has 83 heavy (non-hydrogen) atoms. The third-order valence-corrected chi connectivity index (χ3v) is 10.8. The summed E-state index contributed by atoms with van der Waals surface area (Å²) >= 11 is 21.8. The molecule has 0 aliphatic carbocycles. The average Bonchev–Trinajstić information content (AvgIpc) is 4.17. The Morgan fingerprint density at radius 3 is 1.41 bits per heavy atom. The van der Waals surface area contributed by atoms with Crippen LogP contribution in [0.15, 0.2) is 128 Å². The number of nitrogens with two attached hydrogens (primary N) is 2. The van der Waals surface area contributed by atoms with Crippen LogP contribution in [-0.4, -0.2) is 65.5 Å². The number of rotatable bonds is 10. The van der Waals surface area contributed by atoms with Gasteiger partial charge in [0.15, 0.2) is 46.3 Å². The molecule has 0 atom stereocenters. The van der Waals surface area contributed by atoms with Crippen LogP contribution in [0.1, 0.15) is 5.56 Å². The molecule has 0 bridgehead atoms. The number of aryl methyl sites for hydroxylation is 2. The molecule has 428 valence electrons. The summed E-state index contributed by atoms with van der Waals surface area (Å²) in [5.74, 6) is -5.93. The monoisotopic (exact) mass is 1230 g/mol. The van der Waals surface area contributed by atoms with Crippen LogP contribution in [0.2, 0.25) is 20.7 Å². The van der Waals surface area contributed by atoms with Crippen molar-refractivity contribution >= 4 is 75.2 Å². The number of nitrogen functional groups attached to an aromatic ring is 2. The van der Waals surface area contributed by atoms with E-state index in [1.807, 2.05) is 0 Å². The quantitative estimate of drug-likeness (QED) is 0.0429. The molecule has 0 radical (unpaired) electrons. The van der Waals surface area contributed by atoms with Crippen LogP contribution < -0.4 is 36.3 Å². The Labute approximate surface area is 480 Å². The summed E-state index contributed by atoms with van der Waals surface area (Å²) in [4.78, 5) is 43.3. The number of halogens is 13. The second kappa shape index (κ2) is 27.3. The Hall–Kier alpha value is -9.58. The lowest BCUT2D eigenvalue weighted by Crippen LogP contribution is -2.20. The Morgan fingerprint density at radius 1 is 0.530 bits per heavy atom. The minimum atomic E-state index is -4.75. The van der Waals surface area contributed by atoms with Gasteiger partial charge in [-0.2, -0.15) is 38.3 Å². The van der Waals surface area contributed by atoms with Gasteiger partial charge in [-0.15, -0.1) is 0 Å². The van der Waals surface area contributed by atoms with Crippen molar-refractivity contribution in [3.63, 3.8) is 0 Å². The Balaban J connectivity index is 0.000000178. The molecule has 10 rings (SSSR count). The summed E-state index contributed by atoms with van der Waals surface area (Å²) in [6.07, 6.45) is 7.40. The van der Waals surface area contributed by atoms with Gasteiger partial charge in [0.25, 0.3) is 0 Å². The number of nitrogens with one attached hydrogen (secondary N) is 2. The maximum Gasteiger partial charge on any atom is 0.417 e. The lowest BCUT2D eigenvalue weighted by atomic mass is 10.2. The highest BCUT2D eigenvalue weighted by Crippen LogP contribution is 2.37. The van der Waals surface area contributed by atoms with Crippen molar-refractivity contribution in [3.05, 3.63) is 190 Å². The van der Waals surface area contributed by atoms with Gasteiger partial charge in [0, 0.05) is 112 Å². The zero-order chi connectivity index (χ0) is 60.1. The van der Waals surface area contributed by atoms with Gasteiger partial charge >= 0.3 is 12.2 Å². The lowest BCUT2D eigenvalue weighted by Gasteiger charge is -2.13. The molecule has 4 aromatic carbocycles. The van der Waals surface area contributed by atoms with E-state index in [2.05, 4.69) is 60.7 Å². The summed E-state index contributed by atoms with van der Waals surface area (Å²) < 4.78 is 140. The predicted molar refractivity (Wildman–Crippen MR) is 285 cm³/mol. The second-order valence-electron chi connectivity index (χ2n) is 16.0. The molecule has 0 aliphatic heterocycles. The van der Waals surface area contributed by atoms with Crippen LogP contribution in [0.3, 0.4) is 0 Å². The zero-order valence-electron chi connectivity index (χ0n) is 41.7. The largest absolute Gasteiger partial charge is 0.436 e. The number of urea groups is 1. The van der Waals surface area contributed by atoms with Crippen molar-refractivity contribution in [3.8, 4) is 57.7 Å². The van der Waals surface area contributed by atoms with Gasteiger partial charge in [0.2, 0.25) is 28.2 Å².